The molecule has 14 aromatic carbocycles. The minimum Gasteiger partial charge on any atom is -0.344 e. The summed E-state index contributed by atoms with van der Waals surface area (Å²) < 4.78 is 224. The van der Waals surface area contributed by atoms with Gasteiger partial charge in [0, 0.05) is 202 Å². The van der Waals surface area contributed by atoms with Crippen LogP contribution in [0.4, 0.5) is 0 Å². The van der Waals surface area contributed by atoms with Crippen molar-refractivity contribution in [1.29, 1.82) is 0 Å². The molecule has 0 radical (unpaired) electrons. The number of hydrogen-bond acceptors (Lipinski definition) is 0. The Labute approximate surface area is 608 Å². The first-order valence-electron chi connectivity index (χ1n) is 44.8. The topological polar surface area (TPSA) is 34.5 Å². The second-order valence-corrected chi connectivity index (χ2v) is 23.2. The highest BCUT2D eigenvalue weighted by Crippen LogP contribution is 2.33. The molecule has 0 aliphatic rings. The highest BCUT2D eigenvalue weighted by atomic mass is 15.0. The minimum absolute atomic E-state index is 0.0182. The lowest BCUT2D eigenvalue weighted by molar-refractivity contribution is 1.01. The maximum Gasteiger partial charge on any atom is 0.0645 e. The van der Waals surface area contributed by atoms with E-state index in [2.05, 4.69) is 45.0 Å². The number of benzene rings is 14. The Morgan fingerprint density at radius 2 is 0.306 bits per heavy atom. The van der Waals surface area contributed by atoms with Crippen molar-refractivity contribution >= 4 is 153 Å². The van der Waals surface area contributed by atoms with Gasteiger partial charge in [-0.2, -0.15) is 0 Å². The van der Waals surface area contributed by atoms with Gasteiger partial charge < -0.3 is 32.0 Å². The summed E-state index contributed by atoms with van der Waals surface area (Å²) in [6.07, 6.45) is 0. The van der Waals surface area contributed by atoms with Crippen LogP contribution in [0.15, 0.2) is 339 Å². The van der Waals surface area contributed by atoms with Crippen LogP contribution in [0, 0.1) is 0 Å². The van der Waals surface area contributed by atoms with Crippen molar-refractivity contribution in [1.82, 2.24) is 32.0 Å². The normalized spacial score (nSPS) is 15.1. The van der Waals surface area contributed by atoms with Crippen LogP contribution in [0.25, 0.3) is 153 Å². The Kier molecular flexibility index (Phi) is 10.5. The first-order chi connectivity index (χ1) is 59.2. The molecule has 21 aromatic rings. The molecule has 21 rings (SSSR count). The summed E-state index contributed by atoms with van der Waals surface area (Å²) in [4.78, 5) is 0. The number of hydrogen-bond donors (Lipinski definition) is 0. The highest BCUT2D eigenvalue weighted by Gasteiger charge is 2.11. The third kappa shape index (κ3) is 11.2. The number of para-hydroxylation sites is 14. The standard InChI is InChI=1S/7C13H11N/c7*1-14-12-8-4-2-6-10(12)11-7-3-5-9-13(11)14/h7*2-9H,1H3/i2D,3D,4D,5D,6D,7D,8D,9D;2D,3D,4D,5D,6D,7D;2D,4D,6D,8D;2D,3D,4D,5D;2D,4D;2D,3D;2D. The van der Waals surface area contributed by atoms with Gasteiger partial charge in [0.1, 0.15) is 0 Å². The van der Waals surface area contributed by atoms with Crippen molar-refractivity contribution in [2.24, 2.45) is 49.3 Å². The largest absolute Gasteiger partial charge is 0.344 e. The van der Waals surface area contributed by atoms with E-state index in [0.717, 1.165) is 76.3 Å². The van der Waals surface area contributed by atoms with Gasteiger partial charge in [-0.15, -0.1) is 0 Å². The van der Waals surface area contributed by atoms with E-state index in [1.54, 1.807) is 60.1 Å². The molecule has 0 spiro atoms. The number of rotatable bonds is 0. The van der Waals surface area contributed by atoms with Crippen LogP contribution in [0.1, 0.15) is 37.0 Å². The quantitative estimate of drug-likeness (QED) is 0.145. The van der Waals surface area contributed by atoms with Crippen molar-refractivity contribution in [2.75, 3.05) is 0 Å². The molecule has 0 unspecified atom stereocenters. The zero-order valence-electron chi connectivity index (χ0n) is 81.4. The van der Waals surface area contributed by atoms with Crippen LogP contribution in [0.2, 0.25) is 0 Å². The van der Waals surface area contributed by atoms with E-state index < -0.39 is 24.2 Å². The van der Waals surface area contributed by atoms with Gasteiger partial charge in [0.05, 0.1) is 37.0 Å². The molecule has 476 valence electrons. The molecular formula is C91H77N7. The van der Waals surface area contributed by atoms with E-state index in [0.29, 0.717) is 50.8 Å². The summed E-state index contributed by atoms with van der Waals surface area (Å²) in [5, 5.41) is 10.9. The monoisotopic (exact) mass is 1290 g/mol. The average molecular weight is 1300 g/mol. The lowest BCUT2D eigenvalue weighted by Crippen LogP contribution is -1.84. The zero-order chi connectivity index (χ0) is 90.3. The van der Waals surface area contributed by atoms with E-state index in [-0.39, 0.29) is 143 Å². The van der Waals surface area contributed by atoms with Gasteiger partial charge in [0.15, 0.2) is 0 Å². The van der Waals surface area contributed by atoms with Gasteiger partial charge in [-0.3, -0.25) is 0 Å². The van der Waals surface area contributed by atoms with Gasteiger partial charge in [-0.25, -0.2) is 0 Å². The van der Waals surface area contributed by atoms with Gasteiger partial charge in [-0.05, 0) is 84.9 Å². The van der Waals surface area contributed by atoms with Crippen LogP contribution >= 0.6 is 0 Å². The molecule has 7 heteroatoms. The first-order valence-corrected chi connectivity index (χ1v) is 31.3. The fourth-order valence-electron chi connectivity index (χ4n) is 13.1. The number of aryl methyl sites for hydroxylation is 7. The summed E-state index contributed by atoms with van der Waals surface area (Å²) in [5.74, 6) is 0. The van der Waals surface area contributed by atoms with Crippen LogP contribution in [0.3, 0.4) is 0 Å². The maximum absolute atomic E-state index is 8.06. The lowest BCUT2D eigenvalue weighted by atomic mass is 10.2. The fraction of sp³-hybridized carbons (Fsp3) is 0.0769. The molecule has 7 heterocycles. The highest BCUT2D eigenvalue weighted by molar-refractivity contribution is 6.13. The molecule has 0 fully saturated rings. The second-order valence-electron chi connectivity index (χ2n) is 23.2. The molecule has 0 atom stereocenters. The summed E-state index contributed by atoms with van der Waals surface area (Å²) in [6.45, 7) is 0. The molecule has 0 N–H and O–H groups in total. The van der Waals surface area contributed by atoms with Crippen LogP contribution in [-0.2, 0) is 49.3 Å². The summed E-state index contributed by atoms with van der Waals surface area (Å²) >= 11 is 0. The van der Waals surface area contributed by atoms with Crippen LogP contribution in [0.5, 0.6) is 0 Å². The zero-order valence-corrected chi connectivity index (χ0v) is 54.4. The van der Waals surface area contributed by atoms with Crippen molar-refractivity contribution in [2.45, 2.75) is 0 Å². The lowest BCUT2D eigenvalue weighted by Gasteiger charge is -1.95. The molecule has 7 nitrogen and oxygen atoms in total. The molecule has 7 aromatic heterocycles. The smallest absolute Gasteiger partial charge is 0.0645 e. The number of aromatic nitrogens is 7. The predicted molar refractivity (Wildman–Crippen MR) is 423 cm³/mol. The number of nitrogens with zero attached hydrogens (tertiary/aromatic N) is 7. The molecule has 98 heavy (non-hydrogen) atoms. The molecule has 0 aliphatic carbocycles. The fourth-order valence-corrected chi connectivity index (χ4v) is 13.1. The van der Waals surface area contributed by atoms with Crippen molar-refractivity contribution in [3.05, 3.63) is 339 Å². The van der Waals surface area contributed by atoms with E-state index in [9.17, 15) is 0 Å². The van der Waals surface area contributed by atoms with Gasteiger partial charge in [0.25, 0.3) is 0 Å². The Hall–Kier alpha value is -12.3. The molecule has 0 bridgehead atoms. The maximum atomic E-state index is 8.06. The van der Waals surface area contributed by atoms with Gasteiger partial charge in [0.2, 0.25) is 0 Å². The Morgan fingerprint density at radius 1 is 0.143 bits per heavy atom. The van der Waals surface area contributed by atoms with E-state index in [1.807, 2.05) is 128 Å². The third-order valence-corrected chi connectivity index (χ3v) is 18.0. The number of fused-ring (bicyclic) bond motifs is 21. The van der Waals surface area contributed by atoms with Gasteiger partial charge >= 0.3 is 0 Å². The van der Waals surface area contributed by atoms with Crippen molar-refractivity contribution in [3.8, 4) is 0 Å². The summed E-state index contributed by atoms with van der Waals surface area (Å²) in [6, 6.07) is 53.3. The average Bonchev–Trinajstić information content (AvgIpc) is 1.56. The van der Waals surface area contributed by atoms with Crippen molar-refractivity contribution < 1.29 is 37.0 Å². The van der Waals surface area contributed by atoms with E-state index in [1.165, 1.54) is 45.6 Å². The summed E-state index contributed by atoms with van der Waals surface area (Å²) in [7, 11) is 13.0. The predicted octanol–water partition coefficient (Wildman–Crippen LogP) is 23.3. The molecule has 0 saturated carbocycles. The SMILES string of the molecule is [2H]c1c([2H])c([2H])c2c(c1[2H])c1c([2H])c([2H])c([2H])c([2H])c1n2C.[2H]c1c([2H])c([2H])c2c(c1[2H])c1ccccc1n2C.[2H]c1cc2c(c([2H])c1[2H])c1c([2H])c([2H])c([2H])cc1n2C.[2H]c1cc2c3cc([2H])c([2H])cc3n(C)c2cc1[2H].[2H]c1cc2c3ccccc3n(C)c2cc1[2H].[2H]c1ccc2c(c1)c1cc([2H])ccc1n2C.[2H]c1ccc2c(c1)c1ccccc1n2C. The Bertz CT molecular complexity index is 7850. The van der Waals surface area contributed by atoms with E-state index >= 15 is 0 Å². The van der Waals surface area contributed by atoms with Gasteiger partial charge in [-0.1, -0.05) is 254 Å². The molecular weight excluding hydrogens is 1190 g/mol. The molecule has 0 amide bonds. The van der Waals surface area contributed by atoms with Crippen LogP contribution in [-0.4, -0.2) is 32.0 Å². The summed E-state index contributed by atoms with van der Waals surface area (Å²) in [5.41, 5.74) is 11.5. The first kappa shape index (κ1) is 38.3. The Morgan fingerprint density at radius 3 is 0.622 bits per heavy atom. The third-order valence-electron chi connectivity index (χ3n) is 18.0. The second kappa shape index (κ2) is 26.8. The van der Waals surface area contributed by atoms with Crippen LogP contribution < -0.4 is 0 Å². The van der Waals surface area contributed by atoms with E-state index in [4.69, 9.17) is 37.0 Å². The minimum atomic E-state index is -0.419. The molecule has 0 saturated heterocycles. The van der Waals surface area contributed by atoms with Crippen molar-refractivity contribution in [3.63, 3.8) is 0 Å². The molecule has 0 aliphatic heterocycles. The Balaban J connectivity index is 0.000000113.